The van der Waals surface area contributed by atoms with Crippen molar-refractivity contribution in [3.8, 4) is 0 Å². The molecule has 2 aliphatic rings. The fraction of sp³-hybridized carbons (Fsp3) is 0.292. The van der Waals surface area contributed by atoms with Crippen LogP contribution in [-0.4, -0.2) is 38.0 Å². The Labute approximate surface area is 211 Å². The number of halogens is 1. The molecule has 1 saturated heterocycles. The Morgan fingerprint density at radius 2 is 2.03 bits per heavy atom. The van der Waals surface area contributed by atoms with Gasteiger partial charge in [0.25, 0.3) is 0 Å². The summed E-state index contributed by atoms with van der Waals surface area (Å²) < 4.78 is 0. The maximum absolute atomic E-state index is 7.31. The number of nitrogen functional groups attached to an aromatic ring is 1. The van der Waals surface area contributed by atoms with Crippen molar-refractivity contribution in [1.29, 1.82) is 0 Å². The number of rotatable bonds is 3. The third kappa shape index (κ3) is 3.76. The van der Waals surface area contributed by atoms with E-state index >= 15 is 0 Å². The molecule has 3 aromatic heterocycles. The monoisotopic (exact) mass is 503 g/mol. The predicted molar refractivity (Wildman–Crippen MR) is 137 cm³/mol. The topological polar surface area (TPSA) is 127 Å². The summed E-state index contributed by atoms with van der Waals surface area (Å²) in [6, 6.07) is 7.68. The molecule has 6 rings (SSSR count). The second-order valence-corrected chi connectivity index (χ2v) is 10.5. The zero-order valence-electron chi connectivity index (χ0n) is 18.7. The molecule has 176 valence electrons. The molecular formula is C24H22ClN9S. The summed E-state index contributed by atoms with van der Waals surface area (Å²) in [6.45, 7) is 8.98. The number of benzene rings is 1. The van der Waals surface area contributed by atoms with Crippen molar-refractivity contribution in [1.82, 2.24) is 24.9 Å². The van der Waals surface area contributed by atoms with Crippen molar-refractivity contribution in [2.45, 2.75) is 35.2 Å². The second-order valence-electron chi connectivity index (χ2n) is 9.05. The van der Waals surface area contributed by atoms with Crippen molar-refractivity contribution in [2.75, 3.05) is 23.7 Å². The highest BCUT2D eigenvalue weighted by atomic mass is 35.5. The lowest BCUT2D eigenvalue weighted by atomic mass is 9.73. The number of piperidine rings is 1. The van der Waals surface area contributed by atoms with Crippen LogP contribution in [0.25, 0.3) is 16.1 Å². The van der Waals surface area contributed by atoms with Crippen LogP contribution in [-0.2, 0) is 6.42 Å². The third-order valence-corrected chi connectivity index (χ3v) is 8.60. The van der Waals surface area contributed by atoms with Gasteiger partial charge in [0.05, 0.1) is 17.8 Å². The van der Waals surface area contributed by atoms with Crippen LogP contribution in [0.5, 0.6) is 0 Å². The lowest BCUT2D eigenvalue weighted by molar-refractivity contribution is 0.187. The first-order valence-electron chi connectivity index (χ1n) is 11.3. The van der Waals surface area contributed by atoms with Crippen LogP contribution >= 0.6 is 23.4 Å². The molecule has 0 radical (unpaired) electrons. The second kappa shape index (κ2) is 8.37. The van der Waals surface area contributed by atoms with Crippen LogP contribution in [0.2, 0.25) is 5.02 Å². The van der Waals surface area contributed by atoms with E-state index in [0.717, 1.165) is 48.8 Å². The standard InChI is InChI=1S/C24H22ClN9S/c1-28-14-3-2-13-11-24(19(26)15(13)10-14)5-8-34(9-6-24)23-32-21-22(33-23)31-17(12-30-21)35-16-4-7-29-20(27)18(16)25/h2-4,7,10,12,19H,5-6,8-9,11,26H2,(H2,27,29)(H,30,31,32,33)/t19-/m0/s1. The van der Waals surface area contributed by atoms with Gasteiger partial charge in [-0.15, -0.1) is 0 Å². The number of fused-ring (bicyclic) bond motifs is 2. The van der Waals surface area contributed by atoms with E-state index in [1.807, 2.05) is 12.1 Å². The zero-order valence-corrected chi connectivity index (χ0v) is 20.3. The summed E-state index contributed by atoms with van der Waals surface area (Å²) in [5, 5.41) is 1.09. The molecule has 11 heteroatoms. The molecule has 0 bridgehead atoms. The van der Waals surface area contributed by atoms with Crippen molar-refractivity contribution in [3.05, 3.63) is 64.2 Å². The number of aromatic amines is 1. The molecule has 35 heavy (non-hydrogen) atoms. The molecule has 4 heterocycles. The number of anilines is 2. The van der Waals surface area contributed by atoms with Crippen LogP contribution in [0.4, 0.5) is 17.5 Å². The average molecular weight is 504 g/mol. The molecule has 5 N–H and O–H groups in total. The molecule has 1 aromatic carbocycles. The summed E-state index contributed by atoms with van der Waals surface area (Å²) in [5.74, 6) is 1.05. The Hall–Kier alpha value is -3.39. The molecular weight excluding hydrogens is 482 g/mol. The normalized spacial score (nSPS) is 18.7. The summed E-state index contributed by atoms with van der Waals surface area (Å²) in [6.07, 6.45) is 6.17. The average Bonchev–Trinajstić information content (AvgIpc) is 3.41. The van der Waals surface area contributed by atoms with Gasteiger partial charge in [-0.05, 0) is 41.9 Å². The van der Waals surface area contributed by atoms with E-state index in [1.54, 1.807) is 18.5 Å². The molecule has 9 nitrogen and oxygen atoms in total. The summed E-state index contributed by atoms with van der Waals surface area (Å²) >= 11 is 7.65. The van der Waals surface area contributed by atoms with Crippen LogP contribution in [0.15, 0.2) is 46.6 Å². The highest BCUT2D eigenvalue weighted by molar-refractivity contribution is 7.99. The SMILES string of the molecule is [C-]#[N+]c1ccc2c(c1)[C@H](N)C1(CCN(c3nc4ncc(Sc5ccnc(N)c5Cl)nc4[nH]3)CC1)C2. The van der Waals surface area contributed by atoms with Crippen molar-refractivity contribution >= 4 is 52.1 Å². The number of aromatic nitrogens is 5. The number of H-pyrrole nitrogens is 1. The minimum Gasteiger partial charge on any atom is -0.382 e. The highest BCUT2D eigenvalue weighted by Gasteiger charge is 2.46. The van der Waals surface area contributed by atoms with Crippen LogP contribution < -0.4 is 16.4 Å². The van der Waals surface area contributed by atoms with Gasteiger partial charge < -0.3 is 21.4 Å². The first-order chi connectivity index (χ1) is 17.0. The van der Waals surface area contributed by atoms with E-state index in [1.165, 1.54) is 17.3 Å². The first kappa shape index (κ1) is 22.1. The van der Waals surface area contributed by atoms with Crippen molar-refractivity contribution in [3.63, 3.8) is 0 Å². The van der Waals surface area contributed by atoms with Gasteiger partial charge in [-0.3, -0.25) is 0 Å². The lowest BCUT2D eigenvalue weighted by Gasteiger charge is -2.42. The van der Waals surface area contributed by atoms with Crippen LogP contribution in [0.1, 0.15) is 30.0 Å². The smallest absolute Gasteiger partial charge is 0.206 e. The fourth-order valence-electron chi connectivity index (χ4n) is 5.17. The maximum atomic E-state index is 7.31. The molecule has 1 atom stereocenters. The minimum absolute atomic E-state index is 0.0253. The first-order valence-corrected chi connectivity index (χ1v) is 12.5. The van der Waals surface area contributed by atoms with Crippen molar-refractivity contribution < 1.29 is 0 Å². The number of nitrogens with zero attached hydrogens (tertiary/aromatic N) is 6. The minimum atomic E-state index is -0.0472. The number of hydrogen-bond acceptors (Lipinski definition) is 8. The third-order valence-electron chi connectivity index (χ3n) is 7.12. The molecule has 0 amide bonds. The summed E-state index contributed by atoms with van der Waals surface area (Å²) in [4.78, 5) is 27.7. The molecule has 4 aromatic rings. The molecule has 1 aliphatic carbocycles. The molecule has 0 unspecified atom stereocenters. The van der Waals surface area contributed by atoms with Gasteiger partial charge in [-0.1, -0.05) is 41.6 Å². The Morgan fingerprint density at radius 1 is 1.20 bits per heavy atom. The number of nitrogens with two attached hydrogens (primary N) is 2. The molecule has 1 aliphatic heterocycles. The van der Waals surface area contributed by atoms with Crippen molar-refractivity contribution in [2.24, 2.45) is 11.1 Å². The van der Waals surface area contributed by atoms with E-state index in [2.05, 4.69) is 40.7 Å². The summed E-state index contributed by atoms with van der Waals surface area (Å²) in [5.41, 5.74) is 16.8. The van der Waals surface area contributed by atoms with E-state index in [4.69, 9.17) is 29.6 Å². The van der Waals surface area contributed by atoms with E-state index in [9.17, 15) is 0 Å². The van der Waals surface area contributed by atoms with Gasteiger partial charge in [-0.25, -0.2) is 19.8 Å². The Balaban J connectivity index is 1.19. The fourth-order valence-corrected chi connectivity index (χ4v) is 6.19. The van der Waals surface area contributed by atoms with Gasteiger partial charge in [0.15, 0.2) is 17.0 Å². The van der Waals surface area contributed by atoms with Crippen LogP contribution in [0.3, 0.4) is 0 Å². The Morgan fingerprint density at radius 3 is 2.83 bits per heavy atom. The molecule has 1 spiro atoms. The molecule has 0 saturated carbocycles. The van der Waals surface area contributed by atoms with E-state index in [0.29, 0.717) is 27.0 Å². The zero-order chi connectivity index (χ0) is 24.2. The van der Waals surface area contributed by atoms with Gasteiger partial charge in [-0.2, -0.15) is 4.98 Å². The number of nitrogens with one attached hydrogen (secondary N) is 1. The van der Waals surface area contributed by atoms with Crippen LogP contribution in [0, 0.1) is 12.0 Å². The van der Waals surface area contributed by atoms with E-state index in [-0.39, 0.29) is 17.3 Å². The molecule has 1 fully saturated rings. The van der Waals surface area contributed by atoms with Gasteiger partial charge >= 0.3 is 0 Å². The number of imidazole rings is 1. The number of hydrogen-bond donors (Lipinski definition) is 3. The van der Waals surface area contributed by atoms with Gasteiger partial charge in [0.2, 0.25) is 5.95 Å². The number of pyridine rings is 1. The summed E-state index contributed by atoms with van der Waals surface area (Å²) in [7, 11) is 0. The Bertz CT molecular complexity index is 1490. The highest BCUT2D eigenvalue weighted by Crippen LogP contribution is 2.51. The van der Waals surface area contributed by atoms with E-state index < -0.39 is 0 Å². The largest absolute Gasteiger partial charge is 0.382 e. The quantitative estimate of drug-likeness (QED) is 0.348. The van der Waals surface area contributed by atoms with Gasteiger partial charge in [0.1, 0.15) is 10.8 Å². The lowest BCUT2D eigenvalue weighted by Crippen LogP contribution is -2.44. The maximum Gasteiger partial charge on any atom is 0.206 e. The Kier molecular flexibility index (Phi) is 5.29. The van der Waals surface area contributed by atoms with Gasteiger partial charge in [0, 0.05) is 30.2 Å². The predicted octanol–water partition coefficient (Wildman–Crippen LogP) is 4.53.